The number of hydrogen-bond donors (Lipinski definition) is 1. The van der Waals surface area contributed by atoms with Gasteiger partial charge in [-0.2, -0.15) is 0 Å². The van der Waals surface area contributed by atoms with Crippen LogP contribution in [0.4, 0.5) is 0 Å². The topological polar surface area (TPSA) is 29.3 Å². The van der Waals surface area contributed by atoms with Crippen molar-refractivity contribution < 1.29 is 0 Å². The lowest BCUT2D eigenvalue weighted by atomic mass is 10.2. The van der Waals surface area contributed by atoms with Crippen LogP contribution in [0.25, 0.3) is 0 Å². The fourth-order valence-electron chi connectivity index (χ4n) is 1.65. The van der Waals surface area contributed by atoms with Crippen LogP contribution in [0.5, 0.6) is 0 Å². The molecule has 1 unspecified atom stereocenters. The van der Waals surface area contributed by atoms with Gasteiger partial charge in [0.25, 0.3) is 0 Å². The monoisotopic (exact) mass is 226 g/mol. The van der Waals surface area contributed by atoms with Gasteiger partial charge in [0.1, 0.15) is 0 Å². The molecule has 86 valence electrons. The molecule has 1 rings (SSSR count). The zero-order chi connectivity index (χ0) is 11.3. The summed E-state index contributed by atoms with van der Waals surface area (Å²) in [5.41, 5.74) is 5.61. The molecule has 3 heteroatoms. The fraction of sp³-hybridized carbons (Fsp3) is 0.667. The van der Waals surface area contributed by atoms with Crippen LogP contribution in [0.1, 0.15) is 36.9 Å². The van der Waals surface area contributed by atoms with Gasteiger partial charge in [0, 0.05) is 28.9 Å². The summed E-state index contributed by atoms with van der Waals surface area (Å²) < 4.78 is 0. The van der Waals surface area contributed by atoms with Crippen molar-refractivity contribution in [2.75, 3.05) is 6.54 Å². The first kappa shape index (κ1) is 12.7. The van der Waals surface area contributed by atoms with Crippen molar-refractivity contribution in [2.24, 2.45) is 5.73 Å². The van der Waals surface area contributed by atoms with Crippen LogP contribution in [0.3, 0.4) is 0 Å². The SMILES string of the molecule is CCC(C)N(CC)Cc1ccc(CN)s1. The molecule has 0 aromatic carbocycles. The number of rotatable bonds is 6. The zero-order valence-electron chi connectivity index (χ0n) is 9.99. The Morgan fingerprint density at radius 1 is 1.33 bits per heavy atom. The Bertz CT molecular complexity index is 283. The van der Waals surface area contributed by atoms with Gasteiger partial charge in [0.15, 0.2) is 0 Å². The third kappa shape index (κ3) is 3.59. The van der Waals surface area contributed by atoms with Crippen LogP contribution < -0.4 is 5.73 Å². The van der Waals surface area contributed by atoms with E-state index in [9.17, 15) is 0 Å². The molecular formula is C12H22N2S. The molecule has 1 aromatic rings. The number of nitrogens with two attached hydrogens (primary N) is 1. The first-order valence-corrected chi connectivity index (χ1v) is 6.54. The summed E-state index contributed by atoms with van der Waals surface area (Å²) in [4.78, 5) is 5.22. The van der Waals surface area contributed by atoms with Gasteiger partial charge in [-0.15, -0.1) is 11.3 Å². The van der Waals surface area contributed by atoms with Crippen LogP contribution in [-0.4, -0.2) is 17.5 Å². The number of thiophene rings is 1. The second kappa shape index (κ2) is 6.26. The van der Waals surface area contributed by atoms with E-state index in [4.69, 9.17) is 5.73 Å². The first-order chi connectivity index (χ1) is 7.21. The second-order valence-electron chi connectivity index (χ2n) is 3.89. The van der Waals surface area contributed by atoms with Crippen molar-refractivity contribution in [2.45, 2.75) is 46.3 Å². The van der Waals surface area contributed by atoms with Crippen LogP contribution in [0.15, 0.2) is 12.1 Å². The zero-order valence-corrected chi connectivity index (χ0v) is 10.8. The highest BCUT2D eigenvalue weighted by Gasteiger charge is 2.11. The van der Waals surface area contributed by atoms with E-state index in [0.717, 1.165) is 13.1 Å². The quantitative estimate of drug-likeness (QED) is 0.808. The molecule has 0 aliphatic rings. The Balaban J connectivity index is 2.58. The van der Waals surface area contributed by atoms with Gasteiger partial charge < -0.3 is 5.73 Å². The van der Waals surface area contributed by atoms with Crippen LogP contribution in [0, 0.1) is 0 Å². The summed E-state index contributed by atoms with van der Waals surface area (Å²) >= 11 is 1.84. The maximum absolute atomic E-state index is 5.61. The molecule has 0 aliphatic heterocycles. The molecule has 0 aliphatic carbocycles. The normalized spacial score (nSPS) is 13.4. The maximum atomic E-state index is 5.61. The van der Waals surface area contributed by atoms with Gasteiger partial charge >= 0.3 is 0 Å². The maximum Gasteiger partial charge on any atom is 0.0330 e. The molecule has 0 spiro atoms. The van der Waals surface area contributed by atoms with E-state index < -0.39 is 0 Å². The third-order valence-corrected chi connectivity index (χ3v) is 3.99. The molecule has 1 atom stereocenters. The molecule has 1 heterocycles. The lowest BCUT2D eigenvalue weighted by Crippen LogP contribution is -2.31. The van der Waals surface area contributed by atoms with Crippen molar-refractivity contribution in [3.05, 3.63) is 21.9 Å². The fourth-order valence-corrected chi connectivity index (χ4v) is 2.58. The van der Waals surface area contributed by atoms with Gasteiger partial charge in [0.2, 0.25) is 0 Å². The highest BCUT2D eigenvalue weighted by molar-refractivity contribution is 7.11. The van der Waals surface area contributed by atoms with Gasteiger partial charge in [-0.1, -0.05) is 13.8 Å². The molecule has 0 saturated carbocycles. The third-order valence-electron chi connectivity index (χ3n) is 2.90. The van der Waals surface area contributed by atoms with E-state index in [2.05, 4.69) is 37.8 Å². The van der Waals surface area contributed by atoms with Crippen molar-refractivity contribution in [3.63, 3.8) is 0 Å². The van der Waals surface area contributed by atoms with Crippen LogP contribution in [0.2, 0.25) is 0 Å². The Kier molecular flexibility index (Phi) is 5.29. The number of nitrogens with zero attached hydrogens (tertiary/aromatic N) is 1. The minimum atomic E-state index is 0.665. The van der Waals surface area contributed by atoms with Crippen molar-refractivity contribution in [3.8, 4) is 0 Å². The Labute approximate surface area is 97.1 Å². The smallest absolute Gasteiger partial charge is 0.0330 e. The Morgan fingerprint density at radius 2 is 2.00 bits per heavy atom. The molecule has 2 nitrogen and oxygen atoms in total. The predicted molar refractivity (Wildman–Crippen MR) is 68.0 cm³/mol. The molecule has 0 amide bonds. The van der Waals surface area contributed by atoms with Crippen molar-refractivity contribution in [1.82, 2.24) is 4.90 Å². The summed E-state index contributed by atoms with van der Waals surface area (Å²) in [5.74, 6) is 0. The van der Waals surface area contributed by atoms with E-state index in [1.165, 1.54) is 16.2 Å². The highest BCUT2D eigenvalue weighted by Crippen LogP contribution is 2.19. The average molecular weight is 226 g/mol. The van der Waals surface area contributed by atoms with Crippen LogP contribution >= 0.6 is 11.3 Å². The largest absolute Gasteiger partial charge is 0.326 e. The highest BCUT2D eigenvalue weighted by atomic mass is 32.1. The molecule has 15 heavy (non-hydrogen) atoms. The Hall–Kier alpha value is -0.380. The van der Waals surface area contributed by atoms with E-state index in [-0.39, 0.29) is 0 Å². The molecule has 0 saturated heterocycles. The van der Waals surface area contributed by atoms with E-state index in [1.807, 2.05) is 11.3 Å². The molecule has 2 N–H and O–H groups in total. The summed E-state index contributed by atoms with van der Waals surface area (Å²) in [6.45, 7) is 9.61. The summed E-state index contributed by atoms with van der Waals surface area (Å²) in [5, 5.41) is 0. The van der Waals surface area contributed by atoms with E-state index in [1.54, 1.807) is 0 Å². The van der Waals surface area contributed by atoms with Gasteiger partial charge in [-0.25, -0.2) is 0 Å². The lowest BCUT2D eigenvalue weighted by Gasteiger charge is -2.26. The minimum Gasteiger partial charge on any atom is -0.326 e. The average Bonchev–Trinajstić information content (AvgIpc) is 2.72. The summed E-state index contributed by atoms with van der Waals surface area (Å²) in [7, 11) is 0. The Morgan fingerprint density at radius 3 is 2.47 bits per heavy atom. The molecular weight excluding hydrogens is 204 g/mol. The minimum absolute atomic E-state index is 0.665. The predicted octanol–water partition coefficient (Wildman–Crippen LogP) is 2.83. The summed E-state index contributed by atoms with van der Waals surface area (Å²) in [6, 6.07) is 5.01. The standard InChI is InChI=1S/C12H22N2S/c1-4-10(3)14(5-2)9-12-7-6-11(8-13)15-12/h6-7,10H,4-5,8-9,13H2,1-3H3. The summed E-state index contributed by atoms with van der Waals surface area (Å²) in [6.07, 6.45) is 1.21. The first-order valence-electron chi connectivity index (χ1n) is 5.72. The van der Waals surface area contributed by atoms with Gasteiger partial charge in [-0.3, -0.25) is 4.90 Å². The molecule has 1 aromatic heterocycles. The number of hydrogen-bond acceptors (Lipinski definition) is 3. The van der Waals surface area contributed by atoms with Gasteiger partial charge in [0.05, 0.1) is 0 Å². The van der Waals surface area contributed by atoms with Crippen molar-refractivity contribution >= 4 is 11.3 Å². The second-order valence-corrected chi connectivity index (χ2v) is 5.15. The molecule has 0 fully saturated rings. The molecule has 0 bridgehead atoms. The van der Waals surface area contributed by atoms with Crippen LogP contribution in [-0.2, 0) is 13.1 Å². The van der Waals surface area contributed by atoms with Gasteiger partial charge in [-0.05, 0) is 32.0 Å². The lowest BCUT2D eigenvalue weighted by molar-refractivity contribution is 0.208. The van der Waals surface area contributed by atoms with E-state index in [0.29, 0.717) is 12.6 Å². The van der Waals surface area contributed by atoms with Crippen molar-refractivity contribution in [1.29, 1.82) is 0 Å². The van der Waals surface area contributed by atoms with E-state index >= 15 is 0 Å². The molecule has 0 radical (unpaired) electrons.